The number of carbonyl (C=O) groups excluding carboxylic acids is 1. The lowest BCUT2D eigenvalue weighted by Crippen LogP contribution is -2.48. The molecule has 10 heteroatoms. The van der Waals surface area contributed by atoms with E-state index in [9.17, 15) is 14.7 Å². The van der Waals surface area contributed by atoms with Crippen LogP contribution in [0.1, 0.15) is 37.3 Å². The summed E-state index contributed by atoms with van der Waals surface area (Å²) in [6, 6.07) is 3.78. The number of unbranched alkanes of at least 4 members (excludes halogenated alkanes) is 2. The molecule has 2 aromatic rings. The first-order valence-electron chi connectivity index (χ1n) is 11.8. The molecule has 8 nitrogen and oxygen atoms in total. The van der Waals surface area contributed by atoms with Crippen molar-refractivity contribution >= 4 is 51.7 Å². The van der Waals surface area contributed by atoms with Crippen LogP contribution in [0.2, 0.25) is 0 Å². The number of amides is 1. The van der Waals surface area contributed by atoms with Crippen molar-refractivity contribution in [1.82, 2.24) is 19.2 Å². The van der Waals surface area contributed by atoms with Crippen LogP contribution in [0.4, 0.5) is 5.82 Å². The maximum Gasteiger partial charge on any atom is 0.267 e. The zero-order valence-electron chi connectivity index (χ0n) is 19.7. The smallest absolute Gasteiger partial charge is 0.267 e. The number of hydrogen-bond acceptors (Lipinski definition) is 8. The molecule has 0 saturated carbocycles. The molecule has 2 saturated heterocycles. The van der Waals surface area contributed by atoms with Crippen LogP contribution in [0.3, 0.4) is 0 Å². The molecular weight excluding hydrogens is 470 g/mol. The molecule has 1 N–H and O–H groups in total. The Morgan fingerprint density at radius 2 is 1.91 bits per heavy atom. The van der Waals surface area contributed by atoms with Crippen molar-refractivity contribution in [1.29, 1.82) is 0 Å². The van der Waals surface area contributed by atoms with E-state index in [2.05, 4.69) is 16.7 Å². The molecule has 0 atom stereocenters. The lowest BCUT2D eigenvalue weighted by Gasteiger charge is -2.35. The van der Waals surface area contributed by atoms with E-state index in [1.807, 2.05) is 19.1 Å². The molecule has 0 spiro atoms. The highest BCUT2D eigenvalue weighted by molar-refractivity contribution is 8.26. The van der Waals surface area contributed by atoms with Gasteiger partial charge in [-0.2, -0.15) is 0 Å². The van der Waals surface area contributed by atoms with Gasteiger partial charge in [-0.15, -0.1) is 0 Å². The predicted molar refractivity (Wildman–Crippen MR) is 141 cm³/mol. The summed E-state index contributed by atoms with van der Waals surface area (Å²) in [4.78, 5) is 38.0. The van der Waals surface area contributed by atoms with E-state index in [0.29, 0.717) is 52.4 Å². The molecule has 4 heterocycles. The third kappa shape index (κ3) is 5.19. The zero-order valence-corrected chi connectivity index (χ0v) is 21.3. The highest BCUT2D eigenvalue weighted by Crippen LogP contribution is 2.34. The Hall–Kier alpha value is -2.27. The van der Waals surface area contributed by atoms with Crippen molar-refractivity contribution in [2.45, 2.75) is 33.1 Å². The second-order valence-electron chi connectivity index (χ2n) is 8.68. The molecule has 0 bridgehead atoms. The second kappa shape index (κ2) is 11.0. The second-order valence-corrected chi connectivity index (χ2v) is 10.4. The minimum Gasteiger partial charge on any atom is -0.395 e. The Morgan fingerprint density at radius 3 is 2.62 bits per heavy atom. The van der Waals surface area contributed by atoms with Crippen LogP contribution in [0, 0.1) is 6.92 Å². The molecule has 182 valence electrons. The number of thiocarbonyl (C=S) groups is 1. The van der Waals surface area contributed by atoms with Crippen LogP contribution in [-0.4, -0.2) is 80.4 Å². The monoisotopic (exact) mass is 501 g/mol. The Balaban J connectivity index is 1.73. The quantitative estimate of drug-likeness (QED) is 0.336. The van der Waals surface area contributed by atoms with Crippen molar-refractivity contribution in [2.24, 2.45) is 0 Å². The standard InChI is InChI=1S/C24H31N5O3S2/c1-3-4-5-8-28-23(32)19(34-24(28)33)15-18-21(27-11-9-26(10-12-27)13-14-30)25-20-7-6-17(2)16-29(20)22(18)31/h6-7,15-16,30H,3-5,8-14H2,1-2H3/b19-15-. The molecule has 2 fully saturated rings. The first kappa shape index (κ1) is 24.8. The van der Waals surface area contributed by atoms with Gasteiger partial charge in [-0.25, -0.2) is 4.98 Å². The average Bonchev–Trinajstić information content (AvgIpc) is 3.09. The van der Waals surface area contributed by atoms with E-state index in [4.69, 9.17) is 17.2 Å². The van der Waals surface area contributed by atoms with Crippen LogP contribution in [0.15, 0.2) is 28.0 Å². The molecule has 0 aromatic carbocycles. The minimum absolute atomic E-state index is 0.125. The SMILES string of the molecule is CCCCCN1C(=O)/C(=C/c2c(N3CCN(CCO)CC3)nc3ccc(C)cn3c2=O)SC1=S. The summed E-state index contributed by atoms with van der Waals surface area (Å²) in [5, 5.41) is 9.25. The number of aromatic nitrogens is 2. The number of piperazine rings is 1. The Bertz CT molecular complexity index is 1170. The topological polar surface area (TPSA) is 81.4 Å². The number of β-amino-alcohol motifs (C(OH)–C–C–N with tert-alkyl or cyclic N) is 1. The number of pyridine rings is 1. The van der Waals surface area contributed by atoms with Crippen molar-refractivity contribution in [3.63, 3.8) is 0 Å². The number of aliphatic hydroxyl groups is 1. The summed E-state index contributed by atoms with van der Waals surface area (Å²) in [6.07, 6.45) is 6.47. The van der Waals surface area contributed by atoms with Gasteiger partial charge in [-0.05, 0) is 31.1 Å². The van der Waals surface area contributed by atoms with Gasteiger partial charge in [0.05, 0.1) is 17.1 Å². The highest BCUT2D eigenvalue weighted by atomic mass is 32.2. The molecule has 34 heavy (non-hydrogen) atoms. The number of hydrogen-bond donors (Lipinski definition) is 1. The fraction of sp³-hybridized carbons (Fsp3) is 0.500. The van der Waals surface area contributed by atoms with Gasteiger partial charge in [0, 0.05) is 45.5 Å². The number of aryl methyl sites for hydroxylation is 1. The summed E-state index contributed by atoms with van der Waals surface area (Å²) in [5.74, 6) is 0.451. The van der Waals surface area contributed by atoms with Crippen LogP contribution >= 0.6 is 24.0 Å². The number of anilines is 1. The largest absolute Gasteiger partial charge is 0.395 e. The van der Waals surface area contributed by atoms with Gasteiger partial charge < -0.3 is 10.0 Å². The number of rotatable bonds is 8. The predicted octanol–water partition coefficient (Wildman–Crippen LogP) is 2.51. The lowest BCUT2D eigenvalue weighted by molar-refractivity contribution is -0.122. The molecule has 2 aromatic heterocycles. The molecule has 0 aliphatic carbocycles. The number of nitrogens with zero attached hydrogens (tertiary/aromatic N) is 5. The van der Waals surface area contributed by atoms with E-state index < -0.39 is 0 Å². The molecule has 1 amide bonds. The number of thioether (sulfide) groups is 1. The van der Waals surface area contributed by atoms with Crippen molar-refractivity contribution in [2.75, 3.05) is 50.8 Å². The Labute approximate surface area is 209 Å². The Kier molecular flexibility index (Phi) is 8.02. The van der Waals surface area contributed by atoms with E-state index in [1.165, 1.54) is 11.8 Å². The first-order chi connectivity index (χ1) is 16.4. The van der Waals surface area contributed by atoms with Crippen LogP contribution in [-0.2, 0) is 4.79 Å². The van der Waals surface area contributed by atoms with Gasteiger partial charge in [0.2, 0.25) is 0 Å². The van der Waals surface area contributed by atoms with Gasteiger partial charge in [0.15, 0.2) is 0 Å². The molecular formula is C24H31N5O3S2. The summed E-state index contributed by atoms with van der Waals surface area (Å²) < 4.78 is 2.09. The minimum atomic E-state index is -0.197. The van der Waals surface area contributed by atoms with Crippen molar-refractivity contribution in [3.05, 3.63) is 44.7 Å². The van der Waals surface area contributed by atoms with E-state index in [0.717, 1.165) is 37.9 Å². The third-order valence-electron chi connectivity index (χ3n) is 6.21. The fourth-order valence-corrected chi connectivity index (χ4v) is 5.57. The lowest BCUT2D eigenvalue weighted by atomic mass is 10.2. The summed E-state index contributed by atoms with van der Waals surface area (Å²) >= 11 is 6.73. The van der Waals surface area contributed by atoms with E-state index in [-0.39, 0.29) is 18.1 Å². The summed E-state index contributed by atoms with van der Waals surface area (Å²) in [5.41, 5.74) is 1.74. The van der Waals surface area contributed by atoms with Crippen LogP contribution < -0.4 is 10.5 Å². The molecule has 2 aliphatic heterocycles. The maximum atomic E-state index is 13.6. The highest BCUT2D eigenvalue weighted by Gasteiger charge is 2.32. The maximum absolute atomic E-state index is 13.6. The first-order valence-corrected chi connectivity index (χ1v) is 13.0. The van der Waals surface area contributed by atoms with E-state index >= 15 is 0 Å². The molecule has 0 radical (unpaired) electrons. The van der Waals surface area contributed by atoms with Crippen LogP contribution in [0.5, 0.6) is 0 Å². The average molecular weight is 502 g/mol. The molecule has 0 unspecified atom stereocenters. The van der Waals surface area contributed by atoms with Gasteiger partial charge in [-0.3, -0.25) is 23.8 Å². The fourth-order valence-electron chi connectivity index (χ4n) is 4.28. The van der Waals surface area contributed by atoms with E-state index in [1.54, 1.807) is 21.6 Å². The number of carbonyl (C=O) groups is 1. The van der Waals surface area contributed by atoms with Gasteiger partial charge in [-0.1, -0.05) is 49.8 Å². The van der Waals surface area contributed by atoms with Gasteiger partial charge in [0.1, 0.15) is 15.8 Å². The summed E-state index contributed by atoms with van der Waals surface area (Å²) in [6.45, 7) is 8.33. The van der Waals surface area contributed by atoms with Crippen LogP contribution in [0.25, 0.3) is 11.7 Å². The normalized spacial score (nSPS) is 18.6. The van der Waals surface area contributed by atoms with Gasteiger partial charge >= 0.3 is 0 Å². The number of aliphatic hydroxyl groups excluding tert-OH is 1. The van der Waals surface area contributed by atoms with Crippen molar-refractivity contribution in [3.8, 4) is 0 Å². The number of fused-ring (bicyclic) bond motifs is 1. The zero-order chi connectivity index (χ0) is 24.2. The molecule has 2 aliphatic rings. The Morgan fingerprint density at radius 1 is 1.15 bits per heavy atom. The third-order valence-corrected chi connectivity index (χ3v) is 7.59. The van der Waals surface area contributed by atoms with Gasteiger partial charge in [0.25, 0.3) is 11.5 Å². The summed E-state index contributed by atoms with van der Waals surface area (Å²) in [7, 11) is 0. The van der Waals surface area contributed by atoms with Crippen molar-refractivity contribution < 1.29 is 9.90 Å². The molecule has 4 rings (SSSR count).